The first-order valence-corrected chi connectivity index (χ1v) is 15.1. The van der Waals surface area contributed by atoms with Crippen molar-refractivity contribution in [1.82, 2.24) is 0 Å². The molecule has 0 aromatic rings. The summed E-state index contributed by atoms with van der Waals surface area (Å²) in [5.41, 5.74) is 0.274. The van der Waals surface area contributed by atoms with Gasteiger partial charge in [0, 0.05) is 19.3 Å². The smallest absolute Gasteiger partial charge is 0.303 e. The number of allylic oxidation sites excluding steroid dienone is 1. The quantitative estimate of drug-likeness (QED) is 0.289. The molecule has 2 N–H and O–H groups in total. The van der Waals surface area contributed by atoms with E-state index < -0.39 is 36.7 Å². The van der Waals surface area contributed by atoms with Crippen LogP contribution < -0.4 is 0 Å². The molecule has 8 nitrogen and oxygen atoms in total. The first-order chi connectivity index (χ1) is 18.5. The maximum absolute atomic E-state index is 12.0. The number of rotatable bonds is 6. The lowest BCUT2D eigenvalue weighted by Gasteiger charge is -2.61. The molecule has 5 fully saturated rings. The minimum atomic E-state index is -1.31. The molecule has 0 aromatic carbocycles. The van der Waals surface area contributed by atoms with Crippen molar-refractivity contribution < 1.29 is 38.7 Å². The van der Waals surface area contributed by atoms with Crippen molar-refractivity contribution in [3.05, 3.63) is 12.7 Å². The number of fused-ring (bicyclic) bond motifs is 5. The van der Waals surface area contributed by atoms with Crippen LogP contribution in [0.5, 0.6) is 0 Å². The number of hydrogen-bond acceptors (Lipinski definition) is 8. The highest BCUT2D eigenvalue weighted by Crippen LogP contribution is 2.67. The van der Waals surface area contributed by atoms with Gasteiger partial charge in [0.2, 0.25) is 0 Å². The van der Waals surface area contributed by atoms with Crippen LogP contribution in [0.2, 0.25) is 0 Å². The van der Waals surface area contributed by atoms with Crippen LogP contribution in [-0.4, -0.2) is 65.6 Å². The van der Waals surface area contributed by atoms with Gasteiger partial charge in [-0.1, -0.05) is 13.0 Å². The van der Waals surface area contributed by atoms with Gasteiger partial charge in [0.1, 0.15) is 12.2 Å². The van der Waals surface area contributed by atoms with E-state index in [2.05, 4.69) is 19.6 Å². The number of esters is 2. The Morgan fingerprint density at radius 1 is 1.00 bits per heavy atom. The molecule has 8 heteroatoms. The molecule has 1 aliphatic heterocycles. The molecule has 4 aliphatic carbocycles. The highest BCUT2D eigenvalue weighted by atomic mass is 16.7. The Balaban J connectivity index is 1.31. The Hall–Kier alpha value is -1.48. The van der Waals surface area contributed by atoms with Gasteiger partial charge < -0.3 is 29.2 Å². The third-order valence-electron chi connectivity index (χ3n) is 11.6. The number of carbonyl (C=O) groups excluding carboxylic acids is 2. The van der Waals surface area contributed by atoms with Crippen molar-refractivity contribution in [2.24, 2.45) is 40.4 Å². The first-order valence-electron chi connectivity index (χ1n) is 15.1. The van der Waals surface area contributed by atoms with Crippen molar-refractivity contribution in [1.29, 1.82) is 0 Å². The standard InChI is InChI=1S/C31H48O8/c1-6-20-8-10-24-23-9-7-21-15-22(39-29-27(35)26(34)28(17(2)37-29)38-19(4)33)11-14-31(21,16-36-18(3)32)25(23)12-13-30(20,24)5/h6,17,20-29,34-35H,1,7-16H2,2-5H3/t17-,20-,21-,22-,23-,24-,25-,26-,27-,28+,29-,30+,31+/m1/s1. The van der Waals surface area contributed by atoms with Crippen LogP contribution in [0.4, 0.5) is 0 Å². The highest BCUT2D eigenvalue weighted by molar-refractivity contribution is 5.66. The first kappa shape index (κ1) is 29.0. The molecular formula is C31H48O8. The molecule has 0 unspecified atom stereocenters. The minimum Gasteiger partial charge on any atom is -0.465 e. The Bertz CT molecular complexity index is 938. The summed E-state index contributed by atoms with van der Waals surface area (Å²) in [7, 11) is 0. The molecule has 1 saturated heterocycles. The fraction of sp³-hybridized carbons (Fsp3) is 0.871. The van der Waals surface area contributed by atoms with Crippen LogP contribution in [0.25, 0.3) is 0 Å². The summed E-state index contributed by atoms with van der Waals surface area (Å²) in [6.07, 6.45) is 6.54. The number of carbonyl (C=O) groups is 2. The van der Waals surface area contributed by atoms with Crippen LogP contribution in [0.15, 0.2) is 12.7 Å². The summed E-state index contributed by atoms with van der Waals surface area (Å²) in [4.78, 5) is 23.4. The van der Waals surface area contributed by atoms with Crippen molar-refractivity contribution in [3.8, 4) is 0 Å². The predicted molar refractivity (Wildman–Crippen MR) is 143 cm³/mol. The van der Waals surface area contributed by atoms with Crippen molar-refractivity contribution in [2.45, 2.75) is 122 Å². The molecular weight excluding hydrogens is 500 g/mol. The van der Waals surface area contributed by atoms with Gasteiger partial charge in [0.15, 0.2) is 12.4 Å². The van der Waals surface area contributed by atoms with Crippen LogP contribution in [-0.2, 0) is 28.5 Å². The lowest BCUT2D eigenvalue weighted by Crippen LogP contribution is -2.60. The van der Waals surface area contributed by atoms with Crippen molar-refractivity contribution >= 4 is 11.9 Å². The number of aliphatic hydroxyl groups excluding tert-OH is 2. The second-order valence-electron chi connectivity index (χ2n) is 13.4. The van der Waals surface area contributed by atoms with Crippen LogP contribution in [0.1, 0.15) is 85.5 Å². The Morgan fingerprint density at radius 3 is 2.46 bits per heavy atom. The van der Waals surface area contributed by atoms with Crippen molar-refractivity contribution in [3.63, 3.8) is 0 Å². The molecule has 220 valence electrons. The minimum absolute atomic E-state index is 0.0543. The van der Waals surface area contributed by atoms with Crippen molar-refractivity contribution in [2.75, 3.05) is 6.61 Å². The molecule has 4 saturated carbocycles. The highest BCUT2D eigenvalue weighted by Gasteiger charge is 2.62. The zero-order valence-electron chi connectivity index (χ0n) is 24.1. The van der Waals surface area contributed by atoms with E-state index in [1.165, 1.54) is 39.5 Å². The van der Waals surface area contributed by atoms with Gasteiger partial charge >= 0.3 is 11.9 Å². The lowest BCUT2D eigenvalue weighted by atomic mass is 9.44. The molecule has 13 atom stereocenters. The number of aliphatic hydroxyl groups is 2. The molecule has 0 aromatic heterocycles. The van der Waals surface area contributed by atoms with Crippen LogP contribution in [0.3, 0.4) is 0 Å². The van der Waals surface area contributed by atoms with E-state index in [4.69, 9.17) is 18.9 Å². The van der Waals surface area contributed by atoms with Gasteiger partial charge in [0.05, 0.1) is 18.8 Å². The number of hydrogen-bond donors (Lipinski definition) is 2. The topological polar surface area (TPSA) is 112 Å². The Labute approximate surface area is 232 Å². The fourth-order valence-corrected chi connectivity index (χ4v) is 9.74. The SMILES string of the molecule is C=C[C@@H]1CC[C@@H]2[C@H]3CC[C@@H]4C[C@H](O[C@H]5O[C@H](C)[C@H](OC(C)=O)[C@H](O)[C@H]5O)CC[C@@]4(COC(C)=O)[C@@H]3CC[C@@]12C. The van der Waals surface area contributed by atoms with E-state index >= 15 is 0 Å². The average molecular weight is 549 g/mol. The predicted octanol–water partition coefficient (Wildman–Crippen LogP) is 4.16. The van der Waals surface area contributed by atoms with Gasteiger partial charge in [-0.15, -0.1) is 6.58 Å². The largest absolute Gasteiger partial charge is 0.465 e. The molecule has 0 bridgehead atoms. The summed E-state index contributed by atoms with van der Waals surface area (Å²) in [6.45, 7) is 11.6. The third-order valence-corrected chi connectivity index (χ3v) is 11.6. The molecule has 0 amide bonds. The Kier molecular flexibility index (Phi) is 8.24. The molecule has 5 aliphatic rings. The van der Waals surface area contributed by atoms with E-state index in [9.17, 15) is 19.8 Å². The average Bonchev–Trinajstić information content (AvgIpc) is 3.24. The van der Waals surface area contributed by atoms with E-state index in [0.717, 1.165) is 32.1 Å². The van der Waals surface area contributed by atoms with E-state index in [1.54, 1.807) is 6.92 Å². The number of ether oxygens (including phenoxy) is 4. The summed E-state index contributed by atoms with van der Waals surface area (Å²) in [5, 5.41) is 21.4. The summed E-state index contributed by atoms with van der Waals surface area (Å²) in [5.74, 6) is 2.07. The van der Waals surface area contributed by atoms with Gasteiger partial charge in [-0.25, -0.2) is 0 Å². The lowest BCUT2D eigenvalue weighted by molar-refractivity contribution is -0.312. The van der Waals surface area contributed by atoms with Crippen LogP contribution in [0, 0.1) is 40.4 Å². The summed E-state index contributed by atoms with van der Waals surface area (Å²) in [6, 6.07) is 0. The van der Waals surface area contributed by atoms with E-state index in [-0.39, 0.29) is 17.5 Å². The van der Waals surface area contributed by atoms with E-state index in [0.29, 0.717) is 41.6 Å². The monoisotopic (exact) mass is 548 g/mol. The van der Waals surface area contributed by atoms with Crippen LogP contribution >= 0.6 is 0 Å². The molecule has 0 spiro atoms. The molecule has 39 heavy (non-hydrogen) atoms. The normalized spacial score (nSPS) is 49.2. The zero-order valence-corrected chi connectivity index (χ0v) is 24.1. The Morgan fingerprint density at radius 2 is 1.77 bits per heavy atom. The maximum Gasteiger partial charge on any atom is 0.303 e. The zero-order chi connectivity index (χ0) is 28.1. The summed E-state index contributed by atoms with van der Waals surface area (Å²) < 4.78 is 23.2. The van der Waals surface area contributed by atoms with Gasteiger partial charge in [-0.05, 0) is 99.7 Å². The maximum atomic E-state index is 12.0. The van der Waals surface area contributed by atoms with Gasteiger partial charge in [0.25, 0.3) is 0 Å². The summed E-state index contributed by atoms with van der Waals surface area (Å²) >= 11 is 0. The molecule has 5 rings (SSSR count). The third kappa shape index (κ3) is 5.08. The molecule has 0 radical (unpaired) electrons. The van der Waals surface area contributed by atoms with E-state index in [1.807, 2.05) is 0 Å². The second kappa shape index (κ2) is 11.1. The van der Waals surface area contributed by atoms with Gasteiger partial charge in [-0.2, -0.15) is 0 Å². The second-order valence-corrected chi connectivity index (χ2v) is 13.4. The van der Waals surface area contributed by atoms with Gasteiger partial charge in [-0.3, -0.25) is 9.59 Å². The molecule has 1 heterocycles. The fourth-order valence-electron chi connectivity index (χ4n) is 9.74.